The van der Waals surface area contributed by atoms with E-state index in [1.165, 1.54) is 7.11 Å². The van der Waals surface area contributed by atoms with Gasteiger partial charge < -0.3 is 9.72 Å². The Morgan fingerprint density at radius 2 is 2.12 bits per heavy atom. The molecule has 0 unspecified atom stereocenters. The maximum atomic E-state index is 11.7. The summed E-state index contributed by atoms with van der Waals surface area (Å²) in [6.45, 7) is 5.61. The molecule has 0 amide bonds. The molecule has 0 aliphatic heterocycles. The Morgan fingerprint density at radius 1 is 1.41 bits per heavy atom. The molecular weight excluding hydrogens is 216 g/mol. The van der Waals surface area contributed by atoms with Gasteiger partial charge in [-0.2, -0.15) is 0 Å². The van der Waals surface area contributed by atoms with Gasteiger partial charge in [0.05, 0.1) is 23.6 Å². The molecule has 0 spiro atoms. The predicted molar refractivity (Wildman–Crippen MR) is 65.9 cm³/mol. The van der Waals surface area contributed by atoms with E-state index in [0.717, 1.165) is 22.4 Å². The van der Waals surface area contributed by atoms with Crippen LogP contribution in [0.1, 0.15) is 25.2 Å². The number of aromatic nitrogens is 2. The predicted octanol–water partition coefficient (Wildman–Crippen LogP) is 2.32. The van der Waals surface area contributed by atoms with Crippen LogP contribution in [0, 0.1) is 6.92 Å². The number of hydrogen-bond acceptors (Lipinski definition) is 3. The third kappa shape index (κ3) is 1.90. The van der Waals surface area contributed by atoms with Gasteiger partial charge in [0, 0.05) is 0 Å². The number of carbonyl (C=O) groups is 1. The number of aryl methyl sites for hydroxylation is 1. The van der Waals surface area contributed by atoms with Gasteiger partial charge in [0.25, 0.3) is 0 Å². The molecule has 2 aromatic rings. The highest BCUT2D eigenvalue weighted by atomic mass is 16.5. The molecule has 1 aromatic heterocycles. The fourth-order valence-corrected chi connectivity index (χ4v) is 1.90. The van der Waals surface area contributed by atoms with Gasteiger partial charge in [-0.05, 0) is 38.5 Å². The summed E-state index contributed by atoms with van der Waals surface area (Å²) in [4.78, 5) is 19.2. The van der Waals surface area contributed by atoms with Gasteiger partial charge in [0.1, 0.15) is 5.82 Å². The van der Waals surface area contributed by atoms with Gasteiger partial charge in [-0.25, -0.2) is 4.98 Å². The molecule has 1 aromatic carbocycles. The zero-order valence-electron chi connectivity index (χ0n) is 10.5. The summed E-state index contributed by atoms with van der Waals surface area (Å²) >= 11 is 0. The summed E-state index contributed by atoms with van der Waals surface area (Å²) in [5.74, 6) is 0.626. The van der Waals surface area contributed by atoms with E-state index >= 15 is 0 Å². The maximum Gasteiger partial charge on any atom is 0.315 e. The van der Waals surface area contributed by atoms with E-state index in [2.05, 4.69) is 9.97 Å². The second-order valence-corrected chi connectivity index (χ2v) is 4.67. The van der Waals surface area contributed by atoms with Crippen molar-refractivity contribution in [1.82, 2.24) is 9.97 Å². The Hall–Kier alpha value is -1.84. The number of nitrogens with zero attached hydrogens (tertiary/aromatic N) is 1. The van der Waals surface area contributed by atoms with E-state index in [0.29, 0.717) is 0 Å². The molecule has 0 aliphatic rings. The summed E-state index contributed by atoms with van der Waals surface area (Å²) < 4.78 is 4.82. The molecule has 0 bridgehead atoms. The SMILES string of the molecule is COC(=O)C(C)(C)c1ccc2nc(C)[nH]c2c1. The highest BCUT2D eigenvalue weighted by Gasteiger charge is 2.31. The summed E-state index contributed by atoms with van der Waals surface area (Å²) in [5.41, 5.74) is 2.12. The first-order valence-corrected chi connectivity index (χ1v) is 5.50. The third-order valence-corrected chi connectivity index (χ3v) is 3.02. The molecule has 4 heteroatoms. The molecule has 90 valence electrons. The molecule has 1 heterocycles. The van der Waals surface area contributed by atoms with Crippen LogP contribution in [-0.4, -0.2) is 23.0 Å². The summed E-state index contributed by atoms with van der Waals surface area (Å²) in [7, 11) is 1.41. The van der Waals surface area contributed by atoms with Gasteiger partial charge in [0.15, 0.2) is 0 Å². The topological polar surface area (TPSA) is 55.0 Å². The third-order valence-electron chi connectivity index (χ3n) is 3.02. The van der Waals surface area contributed by atoms with Crippen LogP contribution >= 0.6 is 0 Å². The molecule has 0 aliphatic carbocycles. The van der Waals surface area contributed by atoms with Gasteiger partial charge in [-0.15, -0.1) is 0 Å². The van der Waals surface area contributed by atoms with Crippen LogP contribution in [-0.2, 0) is 14.9 Å². The van der Waals surface area contributed by atoms with Gasteiger partial charge in [-0.3, -0.25) is 4.79 Å². The van der Waals surface area contributed by atoms with Crippen molar-refractivity contribution >= 4 is 17.0 Å². The molecule has 0 atom stereocenters. The number of aromatic amines is 1. The second-order valence-electron chi connectivity index (χ2n) is 4.67. The number of nitrogens with one attached hydrogen (secondary N) is 1. The van der Waals surface area contributed by atoms with Crippen molar-refractivity contribution in [3.8, 4) is 0 Å². The Kier molecular flexibility index (Phi) is 2.65. The van der Waals surface area contributed by atoms with E-state index in [1.807, 2.05) is 39.0 Å². The summed E-state index contributed by atoms with van der Waals surface area (Å²) in [6.07, 6.45) is 0. The Morgan fingerprint density at radius 3 is 2.76 bits per heavy atom. The zero-order chi connectivity index (χ0) is 12.6. The van der Waals surface area contributed by atoms with Crippen LogP contribution in [0.5, 0.6) is 0 Å². The number of methoxy groups -OCH3 is 1. The van der Waals surface area contributed by atoms with E-state index < -0.39 is 5.41 Å². The number of imidazole rings is 1. The quantitative estimate of drug-likeness (QED) is 0.808. The fourth-order valence-electron chi connectivity index (χ4n) is 1.90. The monoisotopic (exact) mass is 232 g/mol. The highest BCUT2D eigenvalue weighted by molar-refractivity contribution is 5.84. The van der Waals surface area contributed by atoms with Crippen LogP contribution in [0.25, 0.3) is 11.0 Å². The van der Waals surface area contributed by atoms with Crippen molar-refractivity contribution in [2.24, 2.45) is 0 Å². The van der Waals surface area contributed by atoms with Crippen molar-refractivity contribution in [2.45, 2.75) is 26.2 Å². The fraction of sp³-hybridized carbons (Fsp3) is 0.385. The lowest BCUT2D eigenvalue weighted by Crippen LogP contribution is -2.30. The molecule has 17 heavy (non-hydrogen) atoms. The minimum atomic E-state index is -0.651. The van der Waals surface area contributed by atoms with Crippen LogP contribution < -0.4 is 0 Å². The molecular formula is C13H16N2O2. The van der Waals surface area contributed by atoms with Crippen molar-refractivity contribution in [3.05, 3.63) is 29.6 Å². The second kappa shape index (κ2) is 3.87. The largest absolute Gasteiger partial charge is 0.468 e. The van der Waals surface area contributed by atoms with Crippen LogP contribution in [0.2, 0.25) is 0 Å². The lowest BCUT2D eigenvalue weighted by atomic mass is 9.84. The number of esters is 1. The highest BCUT2D eigenvalue weighted by Crippen LogP contribution is 2.27. The normalized spacial score (nSPS) is 11.8. The average molecular weight is 232 g/mol. The first-order valence-electron chi connectivity index (χ1n) is 5.50. The molecule has 4 nitrogen and oxygen atoms in total. The van der Waals surface area contributed by atoms with Crippen molar-refractivity contribution < 1.29 is 9.53 Å². The molecule has 0 radical (unpaired) electrons. The first kappa shape index (κ1) is 11.6. The number of carbonyl (C=O) groups excluding carboxylic acids is 1. The Bertz CT molecular complexity index is 570. The Labute approximate surface area is 100 Å². The number of ether oxygens (including phenoxy) is 1. The molecule has 0 saturated carbocycles. The van der Waals surface area contributed by atoms with Crippen molar-refractivity contribution in [3.63, 3.8) is 0 Å². The molecule has 0 fully saturated rings. The minimum Gasteiger partial charge on any atom is -0.468 e. The minimum absolute atomic E-state index is 0.243. The summed E-state index contributed by atoms with van der Waals surface area (Å²) in [6, 6.07) is 5.78. The molecule has 0 saturated heterocycles. The van der Waals surface area contributed by atoms with Gasteiger partial charge in [-0.1, -0.05) is 6.07 Å². The zero-order valence-corrected chi connectivity index (χ0v) is 10.5. The molecule has 2 rings (SSSR count). The van der Waals surface area contributed by atoms with Gasteiger partial charge >= 0.3 is 5.97 Å². The number of fused-ring (bicyclic) bond motifs is 1. The summed E-state index contributed by atoms with van der Waals surface area (Å²) in [5, 5.41) is 0. The smallest absolute Gasteiger partial charge is 0.315 e. The molecule has 1 N–H and O–H groups in total. The van der Waals surface area contributed by atoms with Crippen LogP contribution in [0.4, 0.5) is 0 Å². The maximum absolute atomic E-state index is 11.7. The van der Waals surface area contributed by atoms with E-state index in [1.54, 1.807) is 0 Å². The van der Waals surface area contributed by atoms with Crippen LogP contribution in [0.15, 0.2) is 18.2 Å². The number of H-pyrrole nitrogens is 1. The number of benzene rings is 1. The van der Waals surface area contributed by atoms with Crippen LogP contribution in [0.3, 0.4) is 0 Å². The van der Waals surface area contributed by atoms with E-state index in [-0.39, 0.29) is 5.97 Å². The standard InChI is InChI=1S/C13H16N2O2/c1-8-14-10-6-5-9(7-11(10)15-8)13(2,3)12(16)17-4/h5-7H,1-4H3,(H,14,15). The lowest BCUT2D eigenvalue weighted by molar-refractivity contribution is -0.146. The Balaban J connectivity index is 2.52. The van der Waals surface area contributed by atoms with Crippen molar-refractivity contribution in [1.29, 1.82) is 0 Å². The van der Waals surface area contributed by atoms with E-state index in [4.69, 9.17) is 4.74 Å². The van der Waals surface area contributed by atoms with Gasteiger partial charge in [0.2, 0.25) is 0 Å². The van der Waals surface area contributed by atoms with Crippen molar-refractivity contribution in [2.75, 3.05) is 7.11 Å². The van der Waals surface area contributed by atoms with E-state index in [9.17, 15) is 4.79 Å². The number of hydrogen-bond donors (Lipinski definition) is 1. The average Bonchev–Trinajstić information content (AvgIpc) is 2.66. The first-order chi connectivity index (χ1) is 7.95. The lowest BCUT2D eigenvalue weighted by Gasteiger charge is -2.21. The number of rotatable bonds is 2.